The number of anilines is 3. The Hall–Kier alpha value is -4.82. The number of amides is 5. The number of urea groups is 2. The zero-order valence-corrected chi connectivity index (χ0v) is 29.9. The molecule has 2 heterocycles. The first kappa shape index (κ1) is 38.0. The monoisotopic (exact) mass is 694 g/mol. The van der Waals surface area contributed by atoms with Crippen LogP contribution in [0.15, 0.2) is 47.0 Å². The summed E-state index contributed by atoms with van der Waals surface area (Å²) in [6.45, 7) is 9.81. The van der Waals surface area contributed by atoms with E-state index >= 15 is 0 Å². The summed E-state index contributed by atoms with van der Waals surface area (Å²) in [5.41, 5.74) is 2.30. The van der Waals surface area contributed by atoms with E-state index in [1.54, 1.807) is 82.3 Å². The van der Waals surface area contributed by atoms with Crippen LogP contribution in [0.1, 0.15) is 61.8 Å². The lowest BCUT2D eigenvalue weighted by Gasteiger charge is -2.35. The summed E-state index contributed by atoms with van der Waals surface area (Å²) < 4.78 is 23.0. The largest absolute Gasteiger partial charge is 0.497 e. The number of aliphatic hydroxyl groups is 1. The molecule has 1 aliphatic heterocycles. The molecule has 0 aliphatic carbocycles. The fraction of sp³-hybridized carbons (Fsp3) is 0.500. The molecule has 0 saturated heterocycles. The second kappa shape index (κ2) is 17.7. The number of nitrogens with zero attached hydrogens (tertiary/aromatic N) is 3. The molecule has 0 bridgehead atoms. The molecule has 4 N–H and O–H groups in total. The maximum absolute atomic E-state index is 14.4. The Labute approximate surface area is 293 Å². The number of aromatic nitrogens is 1. The predicted molar refractivity (Wildman–Crippen MR) is 190 cm³/mol. The molecule has 14 heteroatoms. The molecule has 0 saturated carbocycles. The number of carbonyl (C=O) groups excluding carboxylic acids is 3. The van der Waals surface area contributed by atoms with Crippen LogP contribution in [-0.4, -0.2) is 96.7 Å². The van der Waals surface area contributed by atoms with Crippen LogP contribution in [0.2, 0.25) is 0 Å². The molecule has 0 fully saturated rings. The van der Waals surface area contributed by atoms with Crippen molar-refractivity contribution in [1.29, 1.82) is 0 Å². The fourth-order valence-electron chi connectivity index (χ4n) is 5.65. The number of benzene rings is 2. The van der Waals surface area contributed by atoms with E-state index in [9.17, 15) is 19.5 Å². The summed E-state index contributed by atoms with van der Waals surface area (Å²) in [4.78, 5) is 43.6. The lowest BCUT2D eigenvalue weighted by Crippen LogP contribution is -2.48. The molecular formula is C36H50N6O8. The number of carbonyl (C=O) groups is 3. The minimum Gasteiger partial charge on any atom is -0.497 e. The average Bonchev–Trinajstić information content (AvgIpc) is 3.41. The number of aliphatic hydroxyl groups excluding tert-OH is 1. The SMILES string of the molecule is COc1ccc(NC(=O)Nc2ccc3c(c2)C(=O)N([C@@H](C)CO)C[C@@H](C)[C@H](CN(C)C(=O)Nc2c(C)noc2C)OCCCC[C@@H](C)O3)cc1. The molecule has 1 aromatic heterocycles. The quantitative estimate of drug-likeness (QED) is 0.224. The summed E-state index contributed by atoms with van der Waals surface area (Å²) >= 11 is 0. The summed E-state index contributed by atoms with van der Waals surface area (Å²) in [5, 5.41) is 22.6. The van der Waals surface area contributed by atoms with Gasteiger partial charge in [-0.2, -0.15) is 0 Å². The van der Waals surface area contributed by atoms with Gasteiger partial charge >= 0.3 is 12.1 Å². The molecule has 3 aromatic rings. The molecule has 2 aromatic carbocycles. The number of likely N-dealkylation sites (N-methyl/N-ethyl adjacent to an activating group) is 1. The van der Waals surface area contributed by atoms with Crippen LogP contribution in [-0.2, 0) is 4.74 Å². The minimum atomic E-state index is -0.556. The molecule has 14 nitrogen and oxygen atoms in total. The van der Waals surface area contributed by atoms with Crippen molar-refractivity contribution in [2.75, 3.05) is 56.4 Å². The van der Waals surface area contributed by atoms with Crippen LogP contribution in [0.5, 0.6) is 11.5 Å². The van der Waals surface area contributed by atoms with E-state index in [2.05, 4.69) is 21.1 Å². The van der Waals surface area contributed by atoms with E-state index in [0.29, 0.717) is 46.6 Å². The first-order valence-electron chi connectivity index (χ1n) is 16.9. The molecule has 4 rings (SSSR count). The van der Waals surface area contributed by atoms with Gasteiger partial charge in [-0.1, -0.05) is 12.1 Å². The van der Waals surface area contributed by atoms with Crippen molar-refractivity contribution < 1.29 is 38.2 Å². The lowest BCUT2D eigenvalue weighted by molar-refractivity contribution is -0.0115. The Bertz CT molecular complexity index is 1580. The highest BCUT2D eigenvalue weighted by Crippen LogP contribution is 2.29. The summed E-state index contributed by atoms with van der Waals surface area (Å²) in [7, 11) is 3.25. The Morgan fingerprint density at radius 1 is 1.08 bits per heavy atom. The third-order valence-corrected chi connectivity index (χ3v) is 8.72. The van der Waals surface area contributed by atoms with Crippen molar-refractivity contribution in [3.8, 4) is 11.5 Å². The molecule has 0 unspecified atom stereocenters. The molecule has 0 spiro atoms. The number of rotatable bonds is 8. The van der Waals surface area contributed by atoms with Gasteiger partial charge in [0.05, 0.1) is 37.5 Å². The number of hydrogen-bond donors (Lipinski definition) is 4. The van der Waals surface area contributed by atoms with Crippen molar-refractivity contribution >= 4 is 35.0 Å². The minimum absolute atomic E-state index is 0.209. The normalized spacial score (nSPS) is 19.3. The Kier molecular flexibility index (Phi) is 13.5. The number of nitrogens with one attached hydrogen (secondary N) is 3. The van der Waals surface area contributed by atoms with Gasteiger partial charge in [-0.3, -0.25) is 4.79 Å². The van der Waals surface area contributed by atoms with Crippen molar-refractivity contribution in [3.63, 3.8) is 0 Å². The molecule has 1 aliphatic rings. The van der Waals surface area contributed by atoms with E-state index < -0.39 is 18.2 Å². The number of hydrogen-bond acceptors (Lipinski definition) is 9. The predicted octanol–water partition coefficient (Wildman–Crippen LogP) is 5.90. The van der Waals surface area contributed by atoms with Gasteiger partial charge in [0, 0.05) is 44.0 Å². The van der Waals surface area contributed by atoms with Crippen molar-refractivity contribution in [2.45, 2.75) is 72.1 Å². The molecule has 4 atom stereocenters. The van der Waals surface area contributed by atoms with Gasteiger partial charge in [-0.25, -0.2) is 9.59 Å². The highest BCUT2D eigenvalue weighted by Gasteiger charge is 2.31. The van der Waals surface area contributed by atoms with Crippen LogP contribution in [0.25, 0.3) is 0 Å². The highest BCUT2D eigenvalue weighted by molar-refractivity contribution is 6.02. The van der Waals surface area contributed by atoms with Crippen LogP contribution in [0.3, 0.4) is 0 Å². The highest BCUT2D eigenvalue weighted by atomic mass is 16.5. The smallest absolute Gasteiger partial charge is 0.323 e. The zero-order valence-electron chi connectivity index (χ0n) is 29.9. The molecule has 5 amide bonds. The van der Waals surface area contributed by atoms with Crippen LogP contribution < -0.4 is 25.4 Å². The topological polar surface area (TPSA) is 168 Å². The van der Waals surface area contributed by atoms with Gasteiger partial charge in [0.25, 0.3) is 5.91 Å². The first-order valence-corrected chi connectivity index (χ1v) is 16.9. The van der Waals surface area contributed by atoms with Crippen molar-refractivity contribution in [3.05, 3.63) is 59.5 Å². The third kappa shape index (κ3) is 10.1. The van der Waals surface area contributed by atoms with Crippen LogP contribution in [0.4, 0.5) is 26.7 Å². The van der Waals surface area contributed by atoms with Gasteiger partial charge in [0.1, 0.15) is 22.9 Å². The van der Waals surface area contributed by atoms with Gasteiger partial charge < -0.3 is 49.6 Å². The average molecular weight is 695 g/mol. The summed E-state index contributed by atoms with van der Waals surface area (Å²) in [5.74, 6) is 0.931. The first-order chi connectivity index (χ1) is 23.9. The van der Waals surface area contributed by atoms with E-state index in [0.717, 1.165) is 19.3 Å². The number of aryl methyl sites for hydroxylation is 2. The molecular weight excluding hydrogens is 644 g/mol. The number of fused-ring (bicyclic) bond motifs is 1. The van der Waals surface area contributed by atoms with Crippen LogP contribution in [0, 0.1) is 19.8 Å². The van der Waals surface area contributed by atoms with Gasteiger partial charge in [-0.15, -0.1) is 0 Å². The van der Waals surface area contributed by atoms with Crippen LogP contribution >= 0.6 is 0 Å². The van der Waals surface area contributed by atoms with E-state index in [1.807, 2.05) is 13.8 Å². The van der Waals surface area contributed by atoms with E-state index in [4.69, 9.17) is 18.7 Å². The number of methoxy groups -OCH3 is 1. The standard InChI is InChI=1S/C36H50N6O8/c1-22-19-42(23(2)21-43)34(44)30-18-28(38-35(45)37-27-11-14-29(47-7)15-12-27)13-16-31(30)49-24(3)10-8-9-17-48-32(22)20-41(6)36(46)39-33-25(4)40-50-26(33)5/h11-16,18,22-24,32,43H,8-10,17,19-21H2,1-7H3,(H,39,46)(H2,37,38,45)/t22-,23+,24-,32+/m1/s1. The summed E-state index contributed by atoms with van der Waals surface area (Å²) in [6, 6.07) is 10.5. The molecule has 272 valence electrons. The Balaban J connectivity index is 1.57. The van der Waals surface area contributed by atoms with E-state index in [1.165, 1.54) is 4.90 Å². The second-order valence-corrected chi connectivity index (χ2v) is 12.8. The maximum atomic E-state index is 14.4. The number of ether oxygens (including phenoxy) is 3. The van der Waals surface area contributed by atoms with E-state index in [-0.39, 0.29) is 49.2 Å². The maximum Gasteiger partial charge on any atom is 0.323 e. The Morgan fingerprint density at radius 2 is 1.78 bits per heavy atom. The van der Waals surface area contributed by atoms with Crippen molar-refractivity contribution in [1.82, 2.24) is 15.0 Å². The van der Waals surface area contributed by atoms with Gasteiger partial charge in [0.15, 0.2) is 5.76 Å². The van der Waals surface area contributed by atoms with Gasteiger partial charge in [-0.05, 0) is 89.4 Å². The van der Waals surface area contributed by atoms with Gasteiger partial charge in [0.2, 0.25) is 0 Å². The molecule has 0 radical (unpaired) electrons. The molecule has 50 heavy (non-hydrogen) atoms. The Morgan fingerprint density at radius 3 is 2.44 bits per heavy atom. The zero-order chi connectivity index (χ0) is 36.4. The second-order valence-electron chi connectivity index (χ2n) is 12.8. The van der Waals surface area contributed by atoms with Crippen molar-refractivity contribution in [2.24, 2.45) is 5.92 Å². The summed E-state index contributed by atoms with van der Waals surface area (Å²) in [6.07, 6.45) is 1.69. The fourth-order valence-corrected chi connectivity index (χ4v) is 5.65. The lowest BCUT2D eigenvalue weighted by atomic mass is 10.0. The third-order valence-electron chi connectivity index (χ3n) is 8.72.